The van der Waals surface area contributed by atoms with Crippen molar-refractivity contribution in [2.75, 3.05) is 20.1 Å². The van der Waals surface area contributed by atoms with Crippen LogP contribution in [0.15, 0.2) is 24.5 Å². The number of nitrogens with two attached hydrogens (primary N) is 1. The van der Waals surface area contributed by atoms with Gasteiger partial charge in [0.15, 0.2) is 0 Å². The van der Waals surface area contributed by atoms with E-state index in [2.05, 4.69) is 42.9 Å². The van der Waals surface area contributed by atoms with E-state index in [-0.39, 0.29) is 5.54 Å². The van der Waals surface area contributed by atoms with Crippen LogP contribution in [0.3, 0.4) is 0 Å². The molecular formula is C16H27N3. The van der Waals surface area contributed by atoms with E-state index in [1.807, 2.05) is 12.4 Å². The first kappa shape index (κ1) is 14.5. The predicted molar refractivity (Wildman–Crippen MR) is 80.0 cm³/mol. The molecule has 1 unspecified atom stereocenters. The van der Waals surface area contributed by atoms with Crippen molar-refractivity contribution in [1.82, 2.24) is 9.88 Å². The molecule has 1 saturated carbocycles. The summed E-state index contributed by atoms with van der Waals surface area (Å²) in [5.74, 6) is 0. The lowest BCUT2D eigenvalue weighted by molar-refractivity contribution is 0.0345. The van der Waals surface area contributed by atoms with E-state index in [1.54, 1.807) is 0 Å². The molecule has 1 atom stereocenters. The summed E-state index contributed by atoms with van der Waals surface area (Å²) in [6, 6.07) is 4.20. The van der Waals surface area contributed by atoms with Crippen molar-refractivity contribution in [3.63, 3.8) is 0 Å². The molecule has 2 N–H and O–H groups in total. The van der Waals surface area contributed by atoms with Crippen molar-refractivity contribution in [3.05, 3.63) is 30.1 Å². The minimum absolute atomic E-state index is 0.167. The molecule has 0 radical (unpaired) electrons. The van der Waals surface area contributed by atoms with E-state index >= 15 is 0 Å². The second kappa shape index (κ2) is 5.59. The molecular weight excluding hydrogens is 234 g/mol. The molecule has 1 fully saturated rings. The normalized spacial score (nSPS) is 25.9. The quantitative estimate of drug-likeness (QED) is 0.885. The van der Waals surface area contributed by atoms with E-state index in [0.29, 0.717) is 5.41 Å². The van der Waals surface area contributed by atoms with Crippen LogP contribution in [-0.4, -0.2) is 35.6 Å². The number of hydrogen-bond acceptors (Lipinski definition) is 3. The van der Waals surface area contributed by atoms with Gasteiger partial charge in [-0.1, -0.05) is 20.3 Å². The van der Waals surface area contributed by atoms with E-state index in [1.165, 1.54) is 24.8 Å². The highest BCUT2D eigenvalue weighted by Gasteiger charge is 2.50. The molecule has 0 spiro atoms. The summed E-state index contributed by atoms with van der Waals surface area (Å²) in [4.78, 5) is 6.57. The highest BCUT2D eigenvalue weighted by Crippen LogP contribution is 2.48. The maximum Gasteiger partial charge on any atom is 0.0379 e. The van der Waals surface area contributed by atoms with Crippen molar-refractivity contribution in [3.8, 4) is 0 Å². The molecule has 0 bridgehead atoms. The van der Waals surface area contributed by atoms with Gasteiger partial charge in [-0.05, 0) is 49.4 Å². The maximum atomic E-state index is 6.16. The van der Waals surface area contributed by atoms with Gasteiger partial charge in [-0.25, -0.2) is 0 Å². The van der Waals surface area contributed by atoms with Crippen molar-refractivity contribution < 1.29 is 0 Å². The Kier molecular flexibility index (Phi) is 4.26. The van der Waals surface area contributed by atoms with Gasteiger partial charge in [-0.3, -0.25) is 9.88 Å². The first-order valence-corrected chi connectivity index (χ1v) is 7.32. The zero-order chi connectivity index (χ0) is 13.9. The van der Waals surface area contributed by atoms with Crippen LogP contribution in [0.4, 0.5) is 0 Å². The van der Waals surface area contributed by atoms with Gasteiger partial charge < -0.3 is 5.73 Å². The number of aromatic nitrogens is 1. The van der Waals surface area contributed by atoms with Crippen LogP contribution in [-0.2, 0) is 6.42 Å². The first-order valence-electron chi connectivity index (χ1n) is 7.32. The zero-order valence-corrected chi connectivity index (χ0v) is 12.5. The largest absolute Gasteiger partial charge is 0.329 e. The van der Waals surface area contributed by atoms with Crippen LogP contribution in [0.5, 0.6) is 0 Å². The Morgan fingerprint density at radius 2 is 1.95 bits per heavy atom. The third-order valence-electron chi connectivity index (χ3n) is 5.21. The fourth-order valence-corrected chi connectivity index (χ4v) is 3.70. The molecule has 1 aromatic rings. The Morgan fingerprint density at radius 1 is 1.26 bits per heavy atom. The lowest BCUT2D eigenvalue weighted by Gasteiger charge is -2.48. The topological polar surface area (TPSA) is 42.2 Å². The summed E-state index contributed by atoms with van der Waals surface area (Å²) in [6.07, 6.45) is 8.61. The Morgan fingerprint density at radius 3 is 2.47 bits per heavy atom. The van der Waals surface area contributed by atoms with Crippen LogP contribution in [0.2, 0.25) is 0 Å². The van der Waals surface area contributed by atoms with Gasteiger partial charge in [0.25, 0.3) is 0 Å². The molecule has 0 aliphatic heterocycles. The van der Waals surface area contributed by atoms with Crippen LogP contribution >= 0.6 is 0 Å². The van der Waals surface area contributed by atoms with E-state index in [4.69, 9.17) is 5.73 Å². The second-order valence-corrected chi connectivity index (χ2v) is 6.50. The summed E-state index contributed by atoms with van der Waals surface area (Å²) < 4.78 is 0. The molecule has 1 aliphatic carbocycles. The van der Waals surface area contributed by atoms with Crippen molar-refractivity contribution in [2.45, 2.75) is 45.1 Å². The molecule has 0 amide bonds. The van der Waals surface area contributed by atoms with Crippen molar-refractivity contribution in [1.29, 1.82) is 0 Å². The number of nitrogens with zero attached hydrogens (tertiary/aromatic N) is 2. The summed E-state index contributed by atoms with van der Waals surface area (Å²) in [5, 5.41) is 0. The smallest absolute Gasteiger partial charge is 0.0379 e. The van der Waals surface area contributed by atoms with E-state index in [0.717, 1.165) is 19.5 Å². The van der Waals surface area contributed by atoms with Crippen LogP contribution in [0.25, 0.3) is 0 Å². The number of pyridine rings is 1. The van der Waals surface area contributed by atoms with Crippen LogP contribution in [0.1, 0.15) is 38.7 Å². The Labute approximate surface area is 117 Å². The standard InChI is InChI=1S/C16H27N3/c1-15(2)8-4-9-16(15,13-17)19(3)12-7-14-5-10-18-11-6-14/h5-6,10-11H,4,7-9,12-13,17H2,1-3H3. The Bertz CT molecular complexity index is 402. The molecule has 106 valence electrons. The summed E-state index contributed by atoms with van der Waals surface area (Å²) >= 11 is 0. The Balaban J connectivity index is 2.04. The van der Waals surface area contributed by atoms with Gasteiger partial charge in [0.2, 0.25) is 0 Å². The minimum Gasteiger partial charge on any atom is -0.329 e. The van der Waals surface area contributed by atoms with Gasteiger partial charge in [0.1, 0.15) is 0 Å². The van der Waals surface area contributed by atoms with Gasteiger partial charge in [0.05, 0.1) is 0 Å². The molecule has 19 heavy (non-hydrogen) atoms. The number of rotatable bonds is 5. The SMILES string of the molecule is CN(CCc1ccncc1)C1(CN)CCCC1(C)C. The Hall–Kier alpha value is -0.930. The number of likely N-dealkylation sites (N-methyl/N-ethyl adjacent to an activating group) is 1. The third kappa shape index (κ3) is 2.67. The summed E-state index contributed by atoms with van der Waals surface area (Å²) in [6.45, 7) is 6.56. The van der Waals surface area contributed by atoms with Gasteiger partial charge >= 0.3 is 0 Å². The monoisotopic (exact) mass is 261 g/mol. The average Bonchev–Trinajstić information content (AvgIpc) is 2.73. The highest BCUT2D eigenvalue weighted by molar-refractivity contribution is 5.11. The van der Waals surface area contributed by atoms with Gasteiger partial charge in [-0.15, -0.1) is 0 Å². The molecule has 0 saturated heterocycles. The molecule has 1 heterocycles. The summed E-state index contributed by atoms with van der Waals surface area (Å²) in [7, 11) is 2.24. The van der Waals surface area contributed by atoms with E-state index < -0.39 is 0 Å². The second-order valence-electron chi connectivity index (χ2n) is 6.50. The van der Waals surface area contributed by atoms with Gasteiger partial charge in [-0.2, -0.15) is 0 Å². The zero-order valence-electron chi connectivity index (χ0n) is 12.5. The minimum atomic E-state index is 0.167. The average molecular weight is 261 g/mol. The highest BCUT2D eigenvalue weighted by atomic mass is 15.2. The third-order valence-corrected chi connectivity index (χ3v) is 5.21. The lowest BCUT2D eigenvalue weighted by Crippen LogP contribution is -2.58. The lowest BCUT2D eigenvalue weighted by atomic mass is 9.73. The van der Waals surface area contributed by atoms with Crippen LogP contribution in [0, 0.1) is 5.41 Å². The van der Waals surface area contributed by atoms with E-state index in [9.17, 15) is 0 Å². The first-order chi connectivity index (χ1) is 9.02. The molecule has 3 nitrogen and oxygen atoms in total. The molecule has 3 heteroatoms. The molecule has 0 aromatic carbocycles. The fourth-order valence-electron chi connectivity index (χ4n) is 3.70. The fraction of sp³-hybridized carbons (Fsp3) is 0.688. The predicted octanol–water partition coefficient (Wildman–Crippen LogP) is 2.46. The van der Waals surface area contributed by atoms with Crippen molar-refractivity contribution in [2.24, 2.45) is 11.1 Å². The van der Waals surface area contributed by atoms with Gasteiger partial charge in [0, 0.05) is 31.0 Å². The van der Waals surface area contributed by atoms with Crippen molar-refractivity contribution >= 4 is 0 Å². The summed E-state index contributed by atoms with van der Waals surface area (Å²) in [5.41, 5.74) is 8.00. The molecule has 2 rings (SSSR count). The number of hydrogen-bond donors (Lipinski definition) is 1. The molecule has 1 aliphatic rings. The molecule has 1 aromatic heterocycles. The van der Waals surface area contributed by atoms with Crippen LogP contribution < -0.4 is 5.73 Å². The maximum absolute atomic E-state index is 6.16.